The van der Waals surface area contributed by atoms with Gasteiger partial charge in [0.25, 0.3) is 0 Å². The number of halogens is 1. The van der Waals surface area contributed by atoms with E-state index in [1.165, 1.54) is 6.92 Å². The summed E-state index contributed by atoms with van der Waals surface area (Å²) in [6, 6.07) is 7.22. The van der Waals surface area contributed by atoms with Gasteiger partial charge in [0, 0.05) is 17.4 Å². The van der Waals surface area contributed by atoms with E-state index < -0.39 is 5.97 Å². The van der Waals surface area contributed by atoms with Crippen LogP contribution in [0.4, 0.5) is 0 Å². The first-order valence-corrected chi connectivity index (χ1v) is 6.00. The van der Waals surface area contributed by atoms with E-state index in [4.69, 9.17) is 5.11 Å². The summed E-state index contributed by atoms with van der Waals surface area (Å²) >= 11 is 3.35. The average molecular weight is 300 g/mol. The molecular weight excluding hydrogens is 286 g/mol. The molecule has 0 aromatic heterocycles. The fraction of sp³-hybridized carbons (Fsp3) is 0.333. The van der Waals surface area contributed by atoms with Gasteiger partial charge in [-0.15, -0.1) is 0 Å². The quantitative estimate of drug-likeness (QED) is 0.873. The zero-order chi connectivity index (χ0) is 12.8. The maximum atomic E-state index is 11.0. The van der Waals surface area contributed by atoms with Crippen molar-refractivity contribution in [1.82, 2.24) is 5.32 Å². The van der Waals surface area contributed by atoms with Gasteiger partial charge in [0.1, 0.15) is 0 Å². The second-order valence-electron chi connectivity index (χ2n) is 3.83. The second kappa shape index (κ2) is 6.39. The molecule has 0 aliphatic heterocycles. The number of aliphatic carboxylic acids is 1. The third-order valence-electron chi connectivity index (χ3n) is 2.20. The van der Waals surface area contributed by atoms with Gasteiger partial charge in [-0.05, 0) is 24.1 Å². The van der Waals surface area contributed by atoms with Crippen molar-refractivity contribution in [2.45, 2.75) is 25.8 Å². The summed E-state index contributed by atoms with van der Waals surface area (Å²) in [6.07, 6.45) is 0.428. The number of carbonyl (C=O) groups is 2. The Morgan fingerprint density at radius 2 is 2.18 bits per heavy atom. The van der Waals surface area contributed by atoms with Gasteiger partial charge >= 0.3 is 5.97 Å². The summed E-state index contributed by atoms with van der Waals surface area (Å²) in [5.41, 5.74) is 0.986. The Morgan fingerprint density at radius 1 is 1.47 bits per heavy atom. The minimum atomic E-state index is -0.918. The molecule has 0 bridgehead atoms. The zero-order valence-electron chi connectivity index (χ0n) is 9.44. The molecule has 92 valence electrons. The van der Waals surface area contributed by atoms with Gasteiger partial charge in [-0.2, -0.15) is 0 Å². The molecule has 1 aromatic carbocycles. The molecule has 0 radical (unpaired) electrons. The van der Waals surface area contributed by atoms with E-state index in [0.717, 1.165) is 10.0 Å². The van der Waals surface area contributed by atoms with Crippen LogP contribution in [0.15, 0.2) is 28.7 Å². The van der Waals surface area contributed by atoms with Crippen LogP contribution in [-0.4, -0.2) is 23.0 Å². The van der Waals surface area contributed by atoms with E-state index in [9.17, 15) is 9.59 Å². The van der Waals surface area contributed by atoms with E-state index in [0.29, 0.717) is 6.42 Å². The lowest BCUT2D eigenvalue weighted by atomic mass is 10.0. The van der Waals surface area contributed by atoms with E-state index in [-0.39, 0.29) is 18.4 Å². The lowest BCUT2D eigenvalue weighted by Gasteiger charge is -2.15. The van der Waals surface area contributed by atoms with Crippen LogP contribution in [-0.2, 0) is 16.0 Å². The highest BCUT2D eigenvalue weighted by Gasteiger charge is 2.14. The molecule has 0 saturated carbocycles. The van der Waals surface area contributed by atoms with Gasteiger partial charge in [0.15, 0.2) is 0 Å². The largest absolute Gasteiger partial charge is 0.481 e. The highest BCUT2D eigenvalue weighted by atomic mass is 79.9. The van der Waals surface area contributed by atoms with Crippen molar-refractivity contribution in [2.24, 2.45) is 0 Å². The molecule has 0 saturated heterocycles. The van der Waals surface area contributed by atoms with Crippen molar-refractivity contribution in [1.29, 1.82) is 0 Å². The Labute approximate surface area is 108 Å². The molecule has 0 aliphatic rings. The minimum Gasteiger partial charge on any atom is -0.481 e. The first-order chi connectivity index (χ1) is 7.97. The van der Waals surface area contributed by atoms with Gasteiger partial charge in [-0.3, -0.25) is 9.59 Å². The molecule has 1 aromatic rings. The molecule has 0 fully saturated rings. The third kappa shape index (κ3) is 5.49. The van der Waals surface area contributed by atoms with Gasteiger partial charge in [-0.1, -0.05) is 28.1 Å². The Bertz CT molecular complexity index is 404. The van der Waals surface area contributed by atoms with Crippen molar-refractivity contribution in [3.8, 4) is 0 Å². The van der Waals surface area contributed by atoms with E-state index >= 15 is 0 Å². The van der Waals surface area contributed by atoms with E-state index in [1.54, 1.807) is 0 Å². The van der Waals surface area contributed by atoms with Crippen LogP contribution in [0.3, 0.4) is 0 Å². The predicted molar refractivity (Wildman–Crippen MR) is 67.7 cm³/mol. The smallest absolute Gasteiger partial charge is 0.305 e. The first kappa shape index (κ1) is 13.7. The molecular formula is C12H14BrNO3. The number of benzene rings is 1. The molecule has 0 spiro atoms. The molecule has 4 nitrogen and oxygen atoms in total. The van der Waals surface area contributed by atoms with Gasteiger partial charge < -0.3 is 10.4 Å². The molecule has 1 amide bonds. The maximum absolute atomic E-state index is 11.0. The van der Waals surface area contributed by atoms with Crippen molar-refractivity contribution >= 4 is 27.8 Å². The summed E-state index contributed by atoms with van der Waals surface area (Å²) in [6.45, 7) is 1.38. The Morgan fingerprint density at radius 3 is 2.71 bits per heavy atom. The predicted octanol–water partition coefficient (Wildman–Crippen LogP) is 1.97. The van der Waals surface area contributed by atoms with Gasteiger partial charge in [0.2, 0.25) is 5.91 Å². The maximum Gasteiger partial charge on any atom is 0.305 e. The number of carboxylic acid groups (broad SMARTS) is 1. The minimum absolute atomic E-state index is 0.0773. The number of amides is 1. The summed E-state index contributed by atoms with van der Waals surface area (Å²) in [4.78, 5) is 21.7. The fourth-order valence-corrected chi connectivity index (χ4v) is 2.07. The summed E-state index contributed by atoms with van der Waals surface area (Å²) < 4.78 is 0.937. The highest BCUT2D eigenvalue weighted by molar-refractivity contribution is 9.10. The summed E-state index contributed by atoms with van der Waals surface area (Å²) in [7, 11) is 0. The van der Waals surface area contributed by atoms with Crippen molar-refractivity contribution in [2.75, 3.05) is 0 Å². The number of rotatable bonds is 5. The number of hydrogen-bond donors (Lipinski definition) is 2. The van der Waals surface area contributed by atoms with Gasteiger partial charge in [0.05, 0.1) is 6.42 Å². The van der Waals surface area contributed by atoms with Crippen molar-refractivity contribution in [3.63, 3.8) is 0 Å². The molecule has 1 atom stereocenters. The van der Waals surface area contributed by atoms with Crippen LogP contribution >= 0.6 is 15.9 Å². The third-order valence-corrected chi connectivity index (χ3v) is 2.69. The molecule has 5 heteroatoms. The molecule has 17 heavy (non-hydrogen) atoms. The Kier molecular flexibility index (Phi) is 5.15. The standard InChI is InChI=1S/C12H14BrNO3/c1-8(15)14-11(7-12(16)17)6-9-3-2-4-10(13)5-9/h2-5,11H,6-7H2,1H3,(H,14,15)(H,16,17)/t11-/m0/s1. The molecule has 1 rings (SSSR count). The Hall–Kier alpha value is -1.36. The number of hydrogen-bond acceptors (Lipinski definition) is 2. The normalized spacial score (nSPS) is 11.9. The number of carbonyl (C=O) groups excluding carboxylic acids is 1. The number of carboxylic acids is 1. The summed E-state index contributed by atoms with van der Waals surface area (Å²) in [5, 5.41) is 11.4. The van der Waals surface area contributed by atoms with Crippen molar-refractivity contribution in [3.05, 3.63) is 34.3 Å². The van der Waals surface area contributed by atoms with Crippen LogP contribution in [0.25, 0.3) is 0 Å². The molecule has 2 N–H and O–H groups in total. The van der Waals surface area contributed by atoms with Crippen molar-refractivity contribution < 1.29 is 14.7 Å². The van der Waals surface area contributed by atoms with Crippen LogP contribution in [0, 0.1) is 0 Å². The second-order valence-corrected chi connectivity index (χ2v) is 4.75. The van der Waals surface area contributed by atoms with Crippen LogP contribution in [0.2, 0.25) is 0 Å². The first-order valence-electron chi connectivity index (χ1n) is 5.20. The van der Waals surface area contributed by atoms with Crippen LogP contribution in [0.1, 0.15) is 18.9 Å². The number of nitrogens with one attached hydrogen (secondary N) is 1. The molecule has 0 aliphatic carbocycles. The monoisotopic (exact) mass is 299 g/mol. The lowest BCUT2D eigenvalue weighted by molar-refractivity contribution is -0.137. The van der Waals surface area contributed by atoms with E-state index in [1.807, 2.05) is 24.3 Å². The molecule has 0 unspecified atom stereocenters. The van der Waals surface area contributed by atoms with E-state index in [2.05, 4.69) is 21.2 Å². The zero-order valence-corrected chi connectivity index (χ0v) is 11.0. The Balaban J connectivity index is 2.71. The average Bonchev–Trinajstić information content (AvgIpc) is 2.14. The highest BCUT2D eigenvalue weighted by Crippen LogP contribution is 2.14. The lowest BCUT2D eigenvalue weighted by Crippen LogP contribution is -2.36. The molecule has 0 heterocycles. The fourth-order valence-electron chi connectivity index (χ4n) is 1.62. The summed E-state index contributed by atoms with van der Waals surface area (Å²) in [5.74, 6) is -1.13. The topological polar surface area (TPSA) is 66.4 Å². The van der Waals surface area contributed by atoms with Crippen LogP contribution < -0.4 is 5.32 Å². The SMILES string of the molecule is CC(=O)N[C@H](CC(=O)O)Cc1cccc(Br)c1. The van der Waals surface area contributed by atoms with Gasteiger partial charge in [-0.25, -0.2) is 0 Å². The van der Waals surface area contributed by atoms with Crippen LogP contribution in [0.5, 0.6) is 0 Å².